The van der Waals surface area contributed by atoms with Gasteiger partial charge in [0.15, 0.2) is 0 Å². The van der Waals surface area contributed by atoms with Gasteiger partial charge in [-0.25, -0.2) is 0 Å². The number of hydrogen-bond donors (Lipinski definition) is 4. The predicted molar refractivity (Wildman–Crippen MR) is 150 cm³/mol. The molecule has 1 aromatic carbocycles. The number of nitrogens with two attached hydrogens (primary N) is 1. The molecule has 2 heterocycles. The van der Waals surface area contributed by atoms with Crippen LogP contribution in [0.1, 0.15) is 42.3 Å². The highest BCUT2D eigenvalue weighted by atomic mass is 16.3. The molecule has 0 bridgehead atoms. The van der Waals surface area contributed by atoms with Crippen molar-refractivity contribution in [3.63, 3.8) is 0 Å². The normalized spacial score (nSPS) is 14.6. The van der Waals surface area contributed by atoms with Crippen molar-refractivity contribution in [2.45, 2.75) is 27.7 Å². The maximum atomic E-state index is 12.8. The molecule has 0 atom stereocenters. The van der Waals surface area contributed by atoms with E-state index in [-0.39, 0.29) is 11.6 Å². The van der Waals surface area contributed by atoms with Gasteiger partial charge in [0.1, 0.15) is 11.6 Å². The average molecular weight is 507 g/mol. The molecule has 2 aromatic rings. The number of pyridine rings is 1. The molecular weight excluding hydrogens is 468 g/mol. The van der Waals surface area contributed by atoms with Gasteiger partial charge in [-0.15, -0.1) is 5.53 Å². The second-order valence-electron chi connectivity index (χ2n) is 10.4. The summed E-state index contributed by atoms with van der Waals surface area (Å²) in [5.74, 6) is -0.491. The first kappa shape index (κ1) is 27.7. The quantitative estimate of drug-likeness (QED) is 0.243. The van der Waals surface area contributed by atoms with Crippen LogP contribution in [0.2, 0.25) is 0 Å². The summed E-state index contributed by atoms with van der Waals surface area (Å²) in [6.45, 7) is 9.31. The molecular formula is C27H38N8O2. The number of aliphatic hydroxyl groups excluding tert-OH is 1. The van der Waals surface area contributed by atoms with E-state index in [9.17, 15) is 9.90 Å². The van der Waals surface area contributed by atoms with Crippen molar-refractivity contribution in [3.05, 3.63) is 71.4 Å². The van der Waals surface area contributed by atoms with Crippen molar-refractivity contribution in [2.24, 2.45) is 16.1 Å². The van der Waals surface area contributed by atoms with E-state index in [1.807, 2.05) is 58.2 Å². The molecule has 5 N–H and O–H groups in total. The number of amides is 1. The lowest BCUT2D eigenvalue weighted by Crippen LogP contribution is -2.36. The number of nitrogens with one attached hydrogen (secondary N) is 2. The minimum atomic E-state index is -0.495. The minimum absolute atomic E-state index is 0.0503. The van der Waals surface area contributed by atoms with E-state index in [4.69, 9.17) is 5.73 Å². The van der Waals surface area contributed by atoms with E-state index in [0.717, 1.165) is 41.3 Å². The van der Waals surface area contributed by atoms with Crippen molar-refractivity contribution in [1.29, 1.82) is 0 Å². The molecule has 10 heteroatoms. The number of allylic oxidation sites excluding steroid dienone is 1. The summed E-state index contributed by atoms with van der Waals surface area (Å²) in [7, 11) is 6.15. The lowest BCUT2D eigenvalue weighted by molar-refractivity contribution is 0.100. The second kappa shape index (κ2) is 11.4. The summed E-state index contributed by atoms with van der Waals surface area (Å²) >= 11 is 0. The van der Waals surface area contributed by atoms with Crippen molar-refractivity contribution in [3.8, 4) is 0 Å². The maximum Gasteiger partial charge on any atom is 0.279 e. The van der Waals surface area contributed by atoms with E-state index in [1.54, 1.807) is 18.3 Å². The molecule has 1 amide bonds. The molecule has 0 aliphatic carbocycles. The van der Waals surface area contributed by atoms with Crippen LogP contribution in [-0.4, -0.2) is 61.0 Å². The van der Waals surface area contributed by atoms with E-state index >= 15 is 0 Å². The van der Waals surface area contributed by atoms with Gasteiger partial charge in [-0.3, -0.25) is 14.8 Å². The molecule has 37 heavy (non-hydrogen) atoms. The Kier molecular flexibility index (Phi) is 8.57. The highest BCUT2D eigenvalue weighted by Crippen LogP contribution is 2.27. The third kappa shape index (κ3) is 7.31. The number of benzene rings is 1. The number of anilines is 2. The van der Waals surface area contributed by atoms with Gasteiger partial charge in [-0.05, 0) is 44.8 Å². The zero-order valence-electron chi connectivity index (χ0n) is 22.7. The number of aliphatic hydroxyl groups is 1. The van der Waals surface area contributed by atoms with Crippen LogP contribution in [0.3, 0.4) is 0 Å². The van der Waals surface area contributed by atoms with Crippen molar-refractivity contribution >= 4 is 28.8 Å². The molecule has 10 nitrogen and oxygen atoms in total. The third-order valence-electron chi connectivity index (χ3n) is 5.93. The van der Waals surface area contributed by atoms with Crippen LogP contribution < -0.4 is 26.6 Å². The second-order valence-corrected chi connectivity index (χ2v) is 10.4. The number of carbonyl (C=O) groups excluding carboxylic acids is 1. The van der Waals surface area contributed by atoms with Crippen LogP contribution in [0.5, 0.6) is 0 Å². The van der Waals surface area contributed by atoms with Crippen LogP contribution in [0.25, 0.3) is 5.70 Å². The molecule has 1 aliphatic rings. The van der Waals surface area contributed by atoms with E-state index in [1.165, 1.54) is 6.08 Å². The number of aromatic nitrogens is 1. The first-order chi connectivity index (χ1) is 17.3. The average Bonchev–Trinajstić information content (AvgIpc) is 3.32. The number of aliphatic imine (C=N–C) groups is 1. The van der Waals surface area contributed by atoms with Gasteiger partial charge < -0.3 is 26.1 Å². The first-order valence-electron chi connectivity index (χ1n) is 12.1. The molecule has 1 aliphatic heterocycles. The smallest absolute Gasteiger partial charge is 0.279 e. The Morgan fingerprint density at radius 1 is 1.19 bits per heavy atom. The zero-order chi connectivity index (χ0) is 27.3. The highest BCUT2D eigenvalue weighted by Gasteiger charge is 2.19. The number of rotatable bonds is 8. The molecule has 0 saturated heterocycles. The SMILES string of the molecule is Cc1ccc(C(=O)N=C(N)/C=C(\O)C(C)(C)C)cc1N1C=C(c2cncc(N(C)CCN(C)C)c2)NN1. The fourth-order valence-corrected chi connectivity index (χ4v) is 3.43. The predicted octanol–water partition coefficient (Wildman–Crippen LogP) is 3.20. The largest absolute Gasteiger partial charge is 0.512 e. The fraction of sp³-hybridized carbons (Fsp3) is 0.370. The maximum absolute atomic E-state index is 12.8. The Bertz CT molecular complexity index is 1230. The Labute approximate surface area is 219 Å². The monoisotopic (exact) mass is 506 g/mol. The van der Waals surface area contributed by atoms with E-state index in [2.05, 4.69) is 50.9 Å². The van der Waals surface area contributed by atoms with Gasteiger partial charge in [0.25, 0.3) is 5.91 Å². The molecule has 0 spiro atoms. The van der Waals surface area contributed by atoms with Crippen molar-refractivity contribution < 1.29 is 9.90 Å². The van der Waals surface area contributed by atoms with Crippen LogP contribution in [0, 0.1) is 12.3 Å². The summed E-state index contributed by atoms with van der Waals surface area (Å²) in [4.78, 5) is 25.5. The molecule has 0 unspecified atom stereocenters. The highest BCUT2D eigenvalue weighted by molar-refractivity contribution is 6.06. The summed E-state index contributed by atoms with van der Waals surface area (Å²) in [6.07, 6.45) is 6.88. The molecule has 0 saturated carbocycles. The molecule has 3 rings (SSSR count). The Balaban J connectivity index is 1.81. The molecule has 1 aromatic heterocycles. The summed E-state index contributed by atoms with van der Waals surface area (Å²) in [5, 5.41) is 11.9. The van der Waals surface area contributed by atoms with Crippen LogP contribution in [-0.2, 0) is 0 Å². The van der Waals surface area contributed by atoms with Crippen molar-refractivity contribution in [1.82, 2.24) is 20.8 Å². The Hall–Kier alpha value is -3.89. The van der Waals surface area contributed by atoms with Gasteiger partial charge in [-0.2, -0.15) is 4.99 Å². The van der Waals surface area contributed by atoms with Gasteiger partial charge in [0.05, 0.1) is 23.3 Å². The fourth-order valence-electron chi connectivity index (χ4n) is 3.43. The molecule has 0 radical (unpaired) electrons. The lowest BCUT2D eigenvalue weighted by atomic mass is 9.93. The zero-order valence-corrected chi connectivity index (χ0v) is 22.7. The van der Waals surface area contributed by atoms with E-state index < -0.39 is 11.3 Å². The van der Waals surface area contributed by atoms with Gasteiger partial charge in [0, 0.05) is 55.2 Å². The summed E-state index contributed by atoms with van der Waals surface area (Å²) in [6, 6.07) is 7.39. The number of hydrazine groups is 2. The number of nitrogens with zero attached hydrogens (tertiary/aromatic N) is 5. The number of carbonyl (C=O) groups is 1. The molecule has 198 valence electrons. The number of hydrogen-bond acceptors (Lipinski definition) is 8. The topological polar surface area (TPSA) is 122 Å². The van der Waals surface area contributed by atoms with Crippen LogP contribution in [0.4, 0.5) is 11.4 Å². The standard InChI is InChI=1S/C27H38N8O2/c1-18-8-9-19(26(37)30-25(28)14-24(36)27(2,3)4)13-23(18)35-17-22(31-32-35)20-12-21(16-29-15-20)34(7)11-10-33(5)6/h8-9,12-17,31-32,36H,10-11H2,1-7H3,(H2,28,30,37)/b24-14-. The first-order valence-corrected chi connectivity index (χ1v) is 12.1. The summed E-state index contributed by atoms with van der Waals surface area (Å²) < 4.78 is 0. The van der Waals surface area contributed by atoms with Crippen LogP contribution in [0.15, 0.2) is 59.7 Å². The van der Waals surface area contributed by atoms with Gasteiger partial charge in [0.2, 0.25) is 0 Å². The molecule has 0 fully saturated rings. The number of likely N-dealkylation sites (N-methyl/N-ethyl adjacent to an activating group) is 2. The number of aryl methyl sites for hydroxylation is 1. The number of amidine groups is 1. The third-order valence-corrected chi connectivity index (χ3v) is 5.93. The lowest BCUT2D eigenvalue weighted by Gasteiger charge is -2.21. The van der Waals surface area contributed by atoms with Gasteiger partial charge in [-0.1, -0.05) is 26.8 Å². The minimum Gasteiger partial charge on any atom is -0.512 e. The Morgan fingerprint density at radius 3 is 2.59 bits per heavy atom. The Morgan fingerprint density at radius 2 is 1.92 bits per heavy atom. The van der Waals surface area contributed by atoms with Crippen LogP contribution >= 0.6 is 0 Å². The van der Waals surface area contributed by atoms with Gasteiger partial charge >= 0.3 is 0 Å². The van der Waals surface area contributed by atoms with Crippen molar-refractivity contribution in [2.75, 3.05) is 44.1 Å². The summed E-state index contributed by atoms with van der Waals surface area (Å²) in [5.41, 5.74) is 16.6. The van der Waals surface area contributed by atoms with E-state index in [0.29, 0.717) is 5.56 Å².